The molecule has 1 N–H and O–H groups in total. The molecule has 0 bridgehead atoms. The molecule has 0 spiro atoms. The van der Waals surface area contributed by atoms with E-state index < -0.39 is 0 Å². The molecule has 0 aliphatic carbocycles. The summed E-state index contributed by atoms with van der Waals surface area (Å²) in [7, 11) is 0. The van der Waals surface area contributed by atoms with Crippen molar-refractivity contribution in [3.05, 3.63) is 70.1 Å². The molecule has 5 nitrogen and oxygen atoms in total. The Morgan fingerprint density at radius 1 is 0.929 bits per heavy atom. The number of carbonyl (C=O) groups excluding carboxylic acids is 1. The summed E-state index contributed by atoms with van der Waals surface area (Å²) in [4.78, 5) is 12.1. The first-order chi connectivity index (χ1) is 13.4. The maximum atomic E-state index is 12.1. The Morgan fingerprint density at radius 3 is 2.29 bits per heavy atom. The van der Waals surface area contributed by atoms with Crippen molar-refractivity contribution in [2.24, 2.45) is 0 Å². The predicted octanol–water partition coefficient (Wildman–Crippen LogP) is 4.26. The number of hydrogen-bond donors (Lipinski definition) is 1. The summed E-state index contributed by atoms with van der Waals surface area (Å²) in [6.07, 6.45) is 1.61. The highest BCUT2D eigenvalue weighted by Crippen LogP contribution is 2.19. The summed E-state index contributed by atoms with van der Waals surface area (Å²) < 4.78 is 5.67. The lowest BCUT2D eigenvalue weighted by Crippen LogP contribution is -2.26. The van der Waals surface area contributed by atoms with Crippen LogP contribution in [0.15, 0.2) is 40.8 Å². The monoisotopic (exact) mass is 377 g/mol. The van der Waals surface area contributed by atoms with Crippen LogP contribution in [0.1, 0.15) is 40.1 Å². The Bertz CT molecular complexity index is 935. The van der Waals surface area contributed by atoms with Crippen LogP contribution in [0.5, 0.6) is 0 Å². The van der Waals surface area contributed by atoms with Crippen molar-refractivity contribution in [1.82, 2.24) is 15.5 Å². The molecule has 2 aromatic carbocycles. The average molecular weight is 377 g/mol. The molecule has 0 atom stereocenters. The van der Waals surface area contributed by atoms with Gasteiger partial charge in [-0.15, -0.1) is 10.2 Å². The molecule has 0 saturated carbocycles. The van der Waals surface area contributed by atoms with E-state index in [1.54, 1.807) is 0 Å². The number of nitrogens with zero attached hydrogens (tertiary/aromatic N) is 2. The summed E-state index contributed by atoms with van der Waals surface area (Å²) in [5, 5.41) is 11.1. The van der Waals surface area contributed by atoms with Crippen LogP contribution in [-0.2, 0) is 17.6 Å². The highest BCUT2D eigenvalue weighted by Gasteiger charge is 2.11. The fourth-order valence-electron chi connectivity index (χ4n) is 3.41. The number of benzene rings is 2. The Kier molecular flexibility index (Phi) is 6.24. The van der Waals surface area contributed by atoms with Gasteiger partial charge in [0.05, 0.1) is 0 Å². The Morgan fingerprint density at radius 2 is 1.61 bits per heavy atom. The van der Waals surface area contributed by atoms with Crippen LogP contribution in [-0.4, -0.2) is 22.6 Å². The van der Waals surface area contributed by atoms with Gasteiger partial charge in [-0.1, -0.05) is 35.4 Å². The Hall–Kier alpha value is -2.95. The van der Waals surface area contributed by atoms with Crippen LogP contribution < -0.4 is 5.32 Å². The lowest BCUT2D eigenvalue weighted by Gasteiger charge is -2.12. The second kappa shape index (κ2) is 8.83. The van der Waals surface area contributed by atoms with E-state index in [1.807, 2.05) is 31.2 Å². The van der Waals surface area contributed by atoms with E-state index in [9.17, 15) is 4.79 Å². The van der Waals surface area contributed by atoms with Crippen molar-refractivity contribution in [2.75, 3.05) is 6.54 Å². The van der Waals surface area contributed by atoms with Crippen molar-refractivity contribution in [3.63, 3.8) is 0 Å². The largest absolute Gasteiger partial charge is 0.421 e. The smallest absolute Gasteiger partial charge is 0.247 e. The molecule has 1 amide bonds. The van der Waals surface area contributed by atoms with Gasteiger partial charge in [0.2, 0.25) is 17.7 Å². The van der Waals surface area contributed by atoms with Crippen LogP contribution in [0.3, 0.4) is 0 Å². The van der Waals surface area contributed by atoms with Crippen molar-refractivity contribution in [2.45, 2.75) is 47.0 Å². The zero-order chi connectivity index (χ0) is 20.1. The van der Waals surface area contributed by atoms with Gasteiger partial charge in [0.15, 0.2) is 0 Å². The first-order valence-electron chi connectivity index (χ1n) is 9.65. The van der Waals surface area contributed by atoms with E-state index in [1.165, 1.54) is 27.8 Å². The van der Waals surface area contributed by atoms with E-state index >= 15 is 0 Å². The highest BCUT2D eigenvalue weighted by atomic mass is 16.4. The molecule has 0 aliphatic rings. The zero-order valence-corrected chi connectivity index (χ0v) is 17.0. The first kappa shape index (κ1) is 19.8. The summed E-state index contributed by atoms with van der Waals surface area (Å²) in [5.74, 6) is 0.967. The molecular formula is C23H27N3O2. The van der Waals surface area contributed by atoms with Gasteiger partial charge in [-0.25, -0.2) is 0 Å². The third kappa shape index (κ3) is 5.06. The molecular weight excluding hydrogens is 350 g/mol. The standard InChI is InChI=1S/C23H27N3O2/c1-15-5-7-19(8-6-15)23-26-25-22(28-23)10-9-21(27)24-12-11-20-17(3)13-16(2)14-18(20)4/h5-8,13-14H,9-12H2,1-4H3,(H,24,27). The molecule has 3 rings (SSSR count). The number of hydrogen-bond acceptors (Lipinski definition) is 4. The van der Waals surface area contributed by atoms with Crippen molar-refractivity contribution in [1.29, 1.82) is 0 Å². The lowest BCUT2D eigenvalue weighted by atomic mass is 9.97. The topological polar surface area (TPSA) is 68.0 Å². The predicted molar refractivity (Wildman–Crippen MR) is 110 cm³/mol. The van der Waals surface area contributed by atoms with Crippen LogP contribution in [0.25, 0.3) is 11.5 Å². The van der Waals surface area contributed by atoms with E-state index in [4.69, 9.17) is 4.42 Å². The van der Waals surface area contributed by atoms with Gasteiger partial charge >= 0.3 is 0 Å². The molecule has 0 saturated heterocycles. The number of aryl methyl sites for hydroxylation is 5. The van der Waals surface area contributed by atoms with Gasteiger partial charge in [0.25, 0.3) is 0 Å². The van der Waals surface area contributed by atoms with Gasteiger partial charge in [-0.2, -0.15) is 0 Å². The summed E-state index contributed by atoms with van der Waals surface area (Å²) in [6.45, 7) is 9.01. The molecule has 28 heavy (non-hydrogen) atoms. The van der Waals surface area contributed by atoms with Gasteiger partial charge in [-0.3, -0.25) is 4.79 Å². The van der Waals surface area contributed by atoms with Crippen LogP contribution in [0.4, 0.5) is 0 Å². The summed E-state index contributed by atoms with van der Waals surface area (Å²) >= 11 is 0. The van der Waals surface area contributed by atoms with Crippen molar-refractivity contribution < 1.29 is 9.21 Å². The lowest BCUT2D eigenvalue weighted by molar-refractivity contribution is -0.121. The van der Waals surface area contributed by atoms with Gasteiger partial charge in [0, 0.05) is 24.9 Å². The maximum absolute atomic E-state index is 12.1. The van der Waals surface area contributed by atoms with E-state index in [2.05, 4.69) is 48.4 Å². The third-order valence-corrected chi connectivity index (χ3v) is 4.87. The normalized spacial score (nSPS) is 10.9. The summed E-state index contributed by atoms with van der Waals surface area (Å²) in [5.41, 5.74) is 7.20. The van der Waals surface area contributed by atoms with Gasteiger partial charge in [-0.05, 0) is 62.9 Å². The van der Waals surface area contributed by atoms with E-state index in [0.29, 0.717) is 31.2 Å². The zero-order valence-electron chi connectivity index (χ0n) is 17.0. The number of rotatable bonds is 7. The molecule has 146 valence electrons. The number of carbonyl (C=O) groups is 1. The van der Waals surface area contributed by atoms with E-state index in [-0.39, 0.29) is 5.91 Å². The minimum Gasteiger partial charge on any atom is -0.421 e. The Balaban J connectivity index is 1.47. The van der Waals surface area contributed by atoms with Gasteiger partial charge in [0.1, 0.15) is 0 Å². The van der Waals surface area contributed by atoms with Gasteiger partial charge < -0.3 is 9.73 Å². The Labute approximate surface area is 166 Å². The second-order valence-corrected chi connectivity index (χ2v) is 7.34. The van der Waals surface area contributed by atoms with Crippen LogP contribution in [0.2, 0.25) is 0 Å². The van der Waals surface area contributed by atoms with Crippen LogP contribution >= 0.6 is 0 Å². The number of aromatic nitrogens is 2. The minimum absolute atomic E-state index is 0.00231. The van der Waals surface area contributed by atoms with Crippen molar-refractivity contribution >= 4 is 5.91 Å². The molecule has 3 aromatic rings. The maximum Gasteiger partial charge on any atom is 0.247 e. The second-order valence-electron chi connectivity index (χ2n) is 7.34. The van der Waals surface area contributed by atoms with Crippen molar-refractivity contribution in [3.8, 4) is 11.5 Å². The number of amides is 1. The minimum atomic E-state index is -0.00231. The first-order valence-corrected chi connectivity index (χ1v) is 9.65. The quantitative estimate of drug-likeness (QED) is 0.668. The van der Waals surface area contributed by atoms with Crippen LogP contribution in [0, 0.1) is 27.7 Å². The summed E-state index contributed by atoms with van der Waals surface area (Å²) in [6, 6.07) is 12.3. The fourth-order valence-corrected chi connectivity index (χ4v) is 3.41. The molecule has 0 unspecified atom stereocenters. The molecule has 1 aromatic heterocycles. The molecule has 0 radical (unpaired) electrons. The molecule has 1 heterocycles. The fraction of sp³-hybridized carbons (Fsp3) is 0.348. The average Bonchev–Trinajstić information content (AvgIpc) is 3.12. The number of nitrogens with one attached hydrogen (secondary N) is 1. The van der Waals surface area contributed by atoms with E-state index in [0.717, 1.165) is 12.0 Å². The SMILES string of the molecule is Cc1ccc(-c2nnc(CCC(=O)NCCc3c(C)cc(C)cc3C)o2)cc1. The molecule has 5 heteroatoms. The highest BCUT2D eigenvalue weighted by molar-refractivity contribution is 5.76. The molecule has 0 aliphatic heterocycles. The third-order valence-electron chi connectivity index (χ3n) is 4.87. The molecule has 0 fully saturated rings.